The number of hydrogen-bond acceptors (Lipinski definition) is 4. The van der Waals surface area contributed by atoms with Gasteiger partial charge in [0.2, 0.25) is 5.91 Å². The third-order valence-corrected chi connectivity index (χ3v) is 4.87. The number of pyridine rings is 1. The van der Waals surface area contributed by atoms with Gasteiger partial charge in [0, 0.05) is 32.0 Å². The summed E-state index contributed by atoms with van der Waals surface area (Å²) in [6, 6.07) is 1.84. The van der Waals surface area contributed by atoms with Crippen LogP contribution in [-0.4, -0.2) is 53.9 Å². The highest BCUT2D eigenvalue weighted by Crippen LogP contribution is 2.18. The molecule has 0 aromatic carbocycles. The van der Waals surface area contributed by atoms with Gasteiger partial charge in [-0.3, -0.25) is 14.6 Å². The van der Waals surface area contributed by atoms with E-state index in [9.17, 15) is 9.59 Å². The van der Waals surface area contributed by atoms with Gasteiger partial charge in [-0.05, 0) is 56.7 Å². The van der Waals surface area contributed by atoms with Gasteiger partial charge in [0.25, 0.3) is 5.91 Å². The lowest BCUT2D eigenvalue weighted by Gasteiger charge is -2.33. The summed E-state index contributed by atoms with van der Waals surface area (Å²) >= 11 is 0. The van der Waals surface area contributed by atoms with Crippen LogP contribution in [0, 0.1) is 12.8 Å². The van der Waals surface area contributed by atoms with Crippen LogP contribution in [-0.2, 0) is 4.79 Å². The molecule has 0 saturated carbocycles. The van der Waals surface area contributed by atoms with Gasteiger partial charge in [-0.15, -0.1) is 0 Å². The monoisotopic (exact) mass is 330 g/mol. The molecule has 2 atom stereocenters. The number of likely N-dealkylation sites (tertiary alicyclic amines) is 1. The zero-order valence-corrected chi connectivity index (χ0v) is 14.3. The second-order valence-corrected chi connectivity index (χ2v) is 6.90. The summed E-state index contributed by atoms with van der Waals surface area (Å²) in [5.74, 6) is 0.462. The lowest BCUT2D eigenvalue weighted by Crippen LogP contribution is -2.46. The minimum Gasteiger partial charge on any atom is -0.354 e. The predicted molar refractivity (Wildman–Crippen MR) is 91.6 cm³/mol. The lowest BCUT2D eigenvalue weighted by atomic mass is 9.97. The van der Waals surface area contributed by atoms with E-state index in [0.29, 0.717) is 24.6 Å². The van der Waals surface area contributed by atoms with Crippen LogP contribution in [0.5, 0.6) is 0 Å². The fourth-order valence-electron chi connectivity index (χ4n) is 3.55. The van der Waals surface area contributed by atoms with Crippen LogP contribution >= 0.6 is 0 Å². The van der Waals surface area contributed by atoms with Gasteiger partial charge in [-0.1, -0.05) is 0 Å². The average Bonchev–Trinajstić information content (AvgIpc) is 3.14. The van der Waals surface area contributed by atoms with Crippen LogP contribution in [0.4, 0.5) is 0 Å². The Labute approximate surface area is 143 Å². The van der Waals surface area contributed by atoms with Crippen molar-refractivity contribution in [3.63, 3.8) is 0 Å². The molecule has 2 N–H and O–H groups in total. The molecule has 3 rings (SSSR count). The molecule has 1 aromatic heterocycles. The molecule has 2 aliphatic rings. The number of carbonyl (C=O) groups is 2. The number of nitrogens with zero attached hydrogens (tertiary/aromatic N) is 2. The Morgan fingerprint density at radius 2 is 2.21 bits per heavy atom. The largest absolute Gasteiger partial charge is 0.354 e. The molecule has 1 aromatic rings. The quantitative estimate of drug-likeness (QED) is 0.867. The van der Waals surface area contributed by atoms with E-state index in [0.717, 1.165) is 44.3 Å². The molecule has 2 fully saturated rings. The smallest absolute Gasteiger partial charge is 0.255 e. The topological polar surface area (TPSA) is 74.3 Å². The molecule has 0 unspecified atom stereocenters. The van der Waals surface area contributed by atoms with Gasteiger partial charge >= 0.3 is 0 Å². The van der Waals surface area contributed by atoms with Crippen LogP contribution in [0.1, 0.15) is 41.6 Å². The van der Waals surface area contributed by atoms with Crippen molar-refractivity contribution in [1.82, 2.24) is 20.5 Å². The van der Waals surface area contributed by atoms with Gasteiger partial charge in [-0.25, -0.2) is 0 Å². The molecule has 2 amide bonds. The Hall–Kier alpha value is -1.95. The lowest BCUT2D eigenvalue weighted by molar-refractivity contribution is -0.123. The molecule has 2 aliphatic heterocycles. The zero-order valence-electron chi connectivity index (χ0n) is 14.3. The molecule has 3 heterocycles. The number of piperidine rings is 1. The van der Waals surface area contributed by atoms with E-state index in [-0.39, 0.29) is 17.9 Å². The number of nitrogens with one attached hydrogen (secondary N) is 2. The summed E-state index contributed by atoms with van der Waals surface area (Å²) < 4.78 is 0. The van der Waals surface area contributed by atoms with E-state index >= 15 is 0 Å². The van der Waals surface area contributed by atoms with E-state index in [4.69, 9.17) is 0 Å². The van der Waals surface area contributed by atoms with Gasteiger partial charge in [0.15, 0.2) is 0 Å². The van der Waals surface area contributed by atoms with Gasteiger partial charge < -0.3 is 15.5 Å². The minimum absolute atomic E-state index is 0.0373. The summed E-state index contributed by atoms with van der Waals surface area (Å²) in [6.45, 7) is 4.99. The Morgan fingerprint density at radius 3 is 2.96 bits per heavy atom. The molecule has 0 aliphatic carbocycles. The SMILES string of the molecule is Cc1cncc(C(=O)N2CCC[C@@H](CNC(=O)[C@@H]3CCCN3)C2)c1. The van der Waals surface area contributed by atoms with E-state index in [2.05, 4.69) is 15.6 Å². The Kier molecular flexibility index (Phi) is 5.45. The van der Waals surface area contributed by atoms with Crippen LogP contribution < -0.4 is 10.6 Å². The Morgan fingerprint density at radius 1 is 1.33 bits per heavy atom. The number of carbonyl (C=O) groups excluding carboxylic acids is 2. The summed E-state index contributed by atoms with van der Waals surface area (Å²) in [6.07, 6.45) is 7.39. The molecule has 6 heteroatoms. The number of amides is 2. The van der Waals surface area contributed by atoms with E-state index in [1.807, 2.05) is 17.9 Å². The van der Waals surface area contributed by atoms with Crippen molar-refractivity contribution in [2.45, 2.75) is 38.6 Å². The number of hydrogen-bond donors (Lipinski definition) is 2. The second-order valence-electron chi connectivity index (χ2n) is 6.90. The Bertz CT molecular complexity index is 598. The van der Waals surface area contributed by atoms with E-state index in [1.54, 1.807) is 12.4 Å². The van der Waals surface area contributed by atoms with Crippen molar-refractivity contribution >= 4 is 11.8 Å². The molecule has 130 valence electrons. The van der Waals surface area contributed by atoms with Crippen molar-refractivity contribution in [2.24, 2.45) is 5.92 Å². The molecule has 0 spiro atoms. The zero-order chi connectivity index (χ0) is 16.9. The second kappa shape index (κ2) is 7.75. The molecule has 6 nitrogen and oxygen atoms in total. The highest BCUT2D eigenvalue weighted by atomic mass is 16.2. The van der Waals surface area contributed by atoms with Gasteiger partial charge in [0.1, 0.15) is 0 Å². The minimum atomic E-state index is -0.0373. The molecule has 2 saturated heterocycles. The fourth-order valence-corrected chi connectivity index (χ4v) is 3.55. The molecular weight excluding hydrogens is 304 g/mol. The third kappa shape index (κ3) is 4.12. The van der Waals surface area contributed by atoms with Gasteiger partial charge in [0.05, 0.1) is 11.6 Å². The van der Waals surface area contributed by atoms with E-state index in [1.165, 1.54) is 0 Å². The number of aryl methyl sites for hydroxylation is 1. The van der Waals surface area contributed by atoms with Crippen molar-refractivity contribution in [3.8, 4) is 0 Å². The summed E-state index contributed by atoms with van der Waals surface area (Å²) in [5.41, 5.74) is 1.64. The maximum absolute atomic E-state index is 12.6. The predicted octanol–water partition coefficient (Wildman–Crippen LogP) is 1.11. The first-order valence-electron chi connectivity index (χ1n) is 8.85. The standard InChI is InChI=1S/C18H26N4O2/c1-13-8-15(11-19-9-13)18(24)22-7-3-4-14(12-22)10-21-17(23)16-5-2-6-20-16/h8-9,11,14,16,20H,2-7,10,12H2,1H3,(H,21,23)/t14-,16-/m0/s1. The first kappa shape index (κ1) is 16.9. The van der Waals surface area contributed by atoms with Crippen LogP contribution in [0.2, 0.25) is 0 Å². The van der Waals surface area contributed by atoms with Gasteiger partial charge in [-0.2, -0.15) is 0 Å². The summed E-state index contributed by atoms with van der Waals surface area (Å²) in [4.78, 5) is 30.7. The van der Waals surface area contributed by atoms with Crippen molar-refractivity contribution in [2.75, 3.05) is 26.2 Å². The first-order valence-corrected chi connectivity index (χ1v) is 8.85. The highest BCUT2D eigenvalue weighted by molar-refractivity contribution is 5.94. The van der Waals surface area contributed by atoms with Crippen LogP contribution in [0.25, 0.3) is 0 Å². The van der Waals surface area contributed by atoms with Crippen molar-refractivity contribution in [3.05, 3.63) is 29.6 Å². The van der Waals surface area contributed by atoms with Crippen LogP contribution in [0.3, 0.4) is 0 Å². The van der Waals surface area contributed by atoms with E-state index < -0.39 is 0 Å². The summed E-state index contributed by atoms with van der Waals surface area (Å²) in [5, 5.41) is 6.27. The number of rotatable bonds is 4. The first-order chi connectivity index (χ1) is 11.6. The molecule has 0 bridgehead atoms. The number of aromatic nitrogens is 1. The Balaban J connectivity index is 1.52. The maximum Gasteiger partial charge on any atom is 0.255 e. The normalized spacial score (nSPS) is 24.0. The maximum atomic E-state index is 12.6. The van der Waals surface area contributed by atoms with Crippen molar-refractivity contribution in [1.29, 1.82) is 0 Å². The molecular formula is C18H26N4O2. The molecule has 24 heavy (non-hydrogen) atoms. The average molecular weight is 330 g/mol. The van der Waals surface area contributed by atoms with Crippen LogP contribution in [0.15, 0.2) is 18.5 Å². The highest BCUT2D eigenvalue weighted by Gasteiger charge is 2.27. The fraction of sp³-hybridized carbons (Fsp3) is 0.611. The molecule has 0 radical (unpaired) electrons. The third-order valence-electron chi connectivity index (χ3n) is 4.87. The summed E-state index contributed by atoms with van der Waals surface area (Å²) in [7, 11) is 0. The van der Waals surface area contributed by atoms with Crippen molar-refractivity contribution < 1.29 is 9.59 Å².